The number of nitrogens with one attached hydrogen (secondary N) is 3. The molecular formula is C30H28F3N7O3. The monoisotopic (exact) mass is 591 g/mol. The highest BCUT2D eigenvalue weighted by Crippen LogP contribution is 2.35. The van der Waals surface area contributed by atoms with E-state index in [9.17, 15) is 22.8 Å². The van der Waals surface area contributed by atoms with Gasteiger partial charge in [-0.1, -0.05) is 35.4 Å². The molecule has 10 nitrogen and oxygen atoms in total. The maximum absolute atomic E-state index is 13.6. The minimum Gasteiger partial charge on any atom is -0.497 e. The van der Waals surface area contributed by atoms with Crippen molar-refractivity contribution in [3.63, 3.8) is 0 Å². The Balaban J connectivity index is 1.40. The number of hydrogen-bond acceptors (Lipinski definition) is 6. The average Bonchev–Trinajstić information content (AvgIpc) is 3.53. The van der Waals surface area contributed by atoms with Gasteiger partial charge in [0.05, 0.1) is 19.2 Å². The number of hydrogen-bond donors (Lipinski definition) is 3. The van der Waals surface area contributed by atoms with E-state index < -0.39 is 23.7 Å². The quantitative estimate of drug-likeness (QED) is 0.210. The molecule has 3 amide bonds. The molecule has 0 fully saturated rings. The second-order valence-corrected chi connectivity index (χ2v) is 9.87. The Morgan fingerprint density at radius 3 is 2.40 bits per heavy atom. The number of amides is 3. The maximum atomic E-state index is 13.6. The molecule has 0 saturated carbocycles. The van der Waals surface area contributed by atoms with Gasteiger partial charge < -0.3 is 10.1 Å². The van der Waals surface area contributed by atoms with Crippen LogP contribution in [0.2, 0.25) is 0 Å². The summed E-state index contributed by atoms with van der Waals surface area (Å²) in [7, 11) is 1.25. The van der Waals surface area contributed by atoms with Crippen molar-refractivity contribution in [3.8, 4) is 5.75 Å². The highest BCUT2D eigenvalue weighted by Gasteiger charge is 2.32. The van der Waals surface area contributed by atoms with E-state index in [2.05, 4.69) is 37.3 Å². The van der Waals surface area contributed by atoms with Crippen LogP contribution in [0.5, 0.6) is 5.75 Å². The zero-order valence-corrected chi connectivity index (χ0v) is 23.1. The molecule has 222 valence electrons. The Morgan fingerprint density at radius 1 is 1.00 bits per heavy atom. The number of halogens is 3. The first-order valence-electron chi connectivity index (χ1n) is 13.5. The predicted molar refractivity (Wildman–Crippen MR) is 155 cm³/mol. The summed E-state index contributed by atoms with van der Waals surface area (Å²) in [5.41, 5.74) is 2.82. The SMILES string of the molecule is COc1cc(NC(=O)N(Cc2ccc(C(=O)Nc3nn[nH]n3)cc2)c2ccc(C3=CCCCC3)cc2)cc(C(F)(F)F)c1. The molecule has 4 aromatic rings. The van der Waals surface area contributed by atoms with Gasteiger partial charge in [0.25, 0.3) is 11.9 Å². The first kappa shape index (κ1) is 29.3. The lowest BCUT2D eigenvalue weighted by molar-refractivity contribution is -0.137. The molecule has 1 aromatic heterocycles. The molecule has 1 aliphatic rings. The van der Waals surface area contributed by atoms with Crippen LogP contribution in [0.3, 0.4) is 0 Å². The van der Waals surface area contributed by atoms with E-state index in [1.165, 1.54) is 23.6 Å². The van der Waals surface area contributed by atoms with Gasteiger partial charge >= 0.3 is 12.2 Å². The molecule has 0 atom stereocenters. The highest BCUT2D eigenvalue weighted by molar-refractivity contribution is 6.03. The Labute approximate surface area is 244 Å². The number of alkyl halides is 3. The first-order chi connectivity index (χ1) is 20.7. The topological polar surface area (TPSA) is 125 Å². The number of benzene rings is 3. The molecule has 0 unspecified atom stereocenters. The van der Waals surface area contributed by atoms with Crippen LogP contribution in [0.15, 0.2) is 72.8 Å². The number of ether oxygens (including phenoxy) is 1. The molecule has 13 heteroatoms. The Morgan fingerprint density at radius 2 is 1.77 bits per heavy atom. The Hall–Kier alpha value is -5.20. The summed E-state index contributed by atoms with van der Waals surface area (Å²) >= 11 is 0. The van der Waals surface area contributed by atoms with E-state index in [0.29, 0.717) is 16.8 Å². The third-order valence-corrected chi connectivity index (χ3v) is 6.93. The van der Waals surface area contributed by atoms with Crippen molar-refractivity contribution < 1.29 is 27.5 Å². The van der Waals surface area contributed by atoms with Crippen LogP contribution in [-0.2, 0) is 12.7 Å². The van der Waals surface area contributed by atoms with Crippen LogP contribution in [0.4, 0.5) is 35.3 Å². The molecule has 1 heterocycles. The van der Waals surface area contributed by atoms with Gasteiger partial charge in [0.2, 0.25) is 0 Å². The average molecular weight is 592 g/mol. The number of aromatic nitrogens is 4. The van der Waals surface area contributed by atoms with Crippen LogP contribution in [0.1, 0.15) is 52.7 Å². The maximum Gasteiger partial charge on any atom is 0.416 e. The van der Waals surface area contributed by atoms with Gasteiger partial charge in [-0.3, -0.25) is 15.0 Å². The first-order valence-corrected chi connectivity index (χ1v) is 13.5. The molecular weight excluding hydrogens is 563 g/mol. The highest BCUT2D eigenvalue weighted by atomic mass is 19.4. The van der Waals surface area contributed by atoms with Crippen molar-refractivity contribution in [2.24, 2.45) is 0 Å². The normalized spacial score (nSPS) is 13.2. The fourth-order valence-electron chi connectivity index (χ4n) is 4.71. The van der Waals surface area contributed by atoms with E-state index in [4.69, 9.17) is 4.74 Å². The third kappa shape index (κ3) is 7.36. The largest absolute Gasteiger partial charge is 0.497 e. The Kier molecular flexibility index (Phi) is 8.69. The summed E-state index contributed by atoms with van der Waals surface area (Å²) in [4.78, 5) is 27.5. The van der Waals surface area contributed by atoms with Gasteiger partial charge in [-0.25, -0.2) is 4.79 Å². The summed E-state index contributed by atoms with van der Waals surface area (Å²) < 4.78 is 45.5. The number of aromatic amines is 1. The second-order valence-electron chi connectivity index (χ2n) is 9.87. The molecule has 5 rings (SSSR count). The molecule has 0 aliphatic heterocycles. The van der Waals surface area contributed by atoms with Crippen LogP contribution >= 0.6 is 0 Å². The summed E-state index contributed by atoms with van der Waals surface area (Å²) in [6, 6.07) is 16.4. The van der Waals surface area contributed by atoms with Crippen LogP contribution in [-0.4, -0.2) is 39.7 Å². The summed E-state index contributed by atoms with van der Waals surface area (Å²) in [6.45, 7) is 0.0662. The summed E-state index contributed by atoms with van der Waals surface area (Å²) in [6.07, 6.45) is 1.87. The number of methoxy groups -OCH3 is 1. The van der Waals surface area contributed by atoms with Gasteiger partial charge in [0.15, 0.2) is 0 Å². The molecule has 0 saturated heterocycles. The second kappa shape index (κ2) is 12.8. The van der Waals surface area contributed by atoms with Crippen molar-refractivity contribution in [1.29, 1.82) is 0 Å². The smallest absolute Gasteiger partial charge is 0.416 e. The lowest BCUT2D eigenvalue weighted by atomic mass is 9.93. The van der Waals surface area contributed by atoms with E-state index in [1.807, 2.05) is 24.3 Å². The van der Waals surface area contributed by atoms with Crippen molar-refractivity contribution in [2.45, 2.75) is 38.4 Å². The van der Waals surface area contributed by atoms with Crippen molar-refractivity contribution in [3.05, 3.63) is 95.1 Å². The van der Waals surface area contributed by atoms with Crippen LogP contribution < -0.4 is 20.3 Å². The molecule has 3 N–H and O–H groups in total. The molecule has 0 spiro atoms. The summed E-state index contributed by atoms with van der Waals surface area (Å²) in [5, 5.41) is 18.1. The number of H-pyrrole nitrogens is 1. The van der Waals surface area contributed by atoms with Crippen molar-refractivity contribution >= 4 is 34.8 Å². The standard InChI is InChI=1S/C30H28F3N7O3/c1-43-26-16-23(30(31,32)33)15-24(17-26)34-29(42)40(25-13-11-21(12-14-25)20-5-3-2-4-6-20)18-19-7-9-22(10-8-19)27(41)35-28-36-38-39-37-28/h5,7-17H,2-4,6,18H2,1H3,(H,34,42)(H2,35,36,37,38,39,41). The third-order valence-electron chi connectivity index (χ3n) is 6.93. The molecule has 0 bridgehead atoms. The lowest BCUT2D eigenvalue weighted by Gasteiger charge is -2.24. The lowest BCUT2D eigenvalue weighted by Crippen LogP contribution is -2.34. The van der Waals surface area contributed by atoms with E-state index in [0.717, 1.165) is 43.4 Å². The molecule has 43 heavy (non-hydrogen) atoms. The van der Waals surface area contributed by atoms with E-state index in [1.54, 1.807) is 24.3 Å². The number of carbonyl (C=O) groups excluding carboxylic acids is 2. The molecule has 1 aliphatic carbocycles. The van der Waals surface area contributed by atoms with Crippen LogP contribution in [0, 0.1) is 0 Å². The fourth-order valence-corrected chi connectivity index (χ4v) is 4.71. The number of nitrogens with zero attached hydrogens (tertiary/aromatic N) is 4. The number of anilines is 3. The van der Waals surface area contributed by atoms with Crippen molar-refractivity contribution in [2.75, 3.05) is 22.6 Å². The summed E-state index contributed by atoms with van der Waals surface area (Å²) in [5.74, 6) is -0.472. The van der Waals surface area contributed by atoms with Crippen molar-refractivity contribution in [1.82, 2.24) is 20.6 Å². The number of rotatable bonds is 8. The minimum atomic E-state index is -4.63. The number of allylic oxidation sites excluding steroid dienone is 2. The fraction of sp³-hybridized carbons (Fsp3) is 0.233. The van der Waals surface area contributed by atoms with Gasteiger partial charge in [-0.05, 0) is 84.0 Å². The number of carbonyl (C=O) groups is 2. The predicted octanol–water partition coefficient (Wildman–Crippen LogP) is 6.68. The number of tetrazole rings is 1. The van der Waals surface area contributed by atoms with E-state index in [-0.39, 0.29) is 23.9 Å². The Bertz CT molecular complexity index is 1600. The van der Waals surface area contributed by atoms with Gasteiger partial charge in [-0.2, -0.15) is 18.4 Å². The molecule has 3 aromatic carbocycles. The van der Waals surface area contributed by atoms with Gasteiger partial charge in [0, 0.05) is 23.0 Å². The van der Waals surface area contributed by atoms with Crippen LogP contribution in [0.25, 0.3) is 5.57 Å². The number of urea groups is 1. The zero-order chi connectivity index (χ0) is 30.4. The van der Waals surface area contributed by atoms with Gasteiger partial charge in [-0.15, -0.1) is 5.10 Å². The minimum absolute atomic E-state index is 0.0237. The molecule has 0 radical (unpaired) electrons. The van der Waals surface area contributed by atoms with Gasteiger partial charge in [0.1, 0.15) is 5.75 Å². The zero-order valence-electron chi connectivity index (χ0n) is 23.1. The van der Waals surface area contributed by atoms with E-state index >= 15 is 0 Å².